The van der Waals surface area contributed by atoms with E-state index in [2.05, 4.69) is 17.1 Å². The Balaban J connectivity index is 2.07. The van der Waals surface area contributed by atoms with Crippen molar-refractivity contribution in [1.82, 2.24) is 4.98 Å². The molecule has 1 aliphatic rings. The van der Waals surface area contributed by atoms with Crippen LogP contribution < -0.4 is 4.74 Å². The van der Waals surface area contributed by atoms with Crippen LogP contribution in [0.1, 0.15) is 18.4 Å². The molecule has 1 aromatic heterocycles. The van der Waals surface area contributed by atoms with Gasteiger partial charge in [-0.15, -0.1) is 0 Å². The first-order chi connectivity index (χ1) is 6.84. The molecular weight excluding hydrogens is 174 g/mol. The highest BCUT2D eigenvalue weighted by Gasteiger charge is 2.00. The Labute approximate surface area is 83.9 Å². The van der Waals surface area contributed by atoms with Gasteiger partial charge in [-0.1, -0.05) is 12.1 Å². The molecule has 1 heterocycles. The Morgan fingerprint density at radius 2 is 2.21 bits per heavy atom. The molecule has 1 aliphatic carbocycles. The fourth-order valence-electron chi connectivity index (χ4n) is 1.30. The minimum atomic E-state index is 0.661. The van der Waals surface area contributed by atoms with Crippen LogP contribution >= 0.6 is 0 Å². The SMILES string of the molecule is Cc1ccc(OC2=CCCC=C2)nc1. The lowest BCUT2D eigenvalue weighted by Crippen LogP contribution is -1.96. The molecule has 0 unspecified atom stereocenters. The lowest BCUT2D eigenvalue weighted by molar-refractivity contribution is 0.421. The quantitative estimate of drug-likeness (QED) is 0.710. The van der Waals surface area contributed by atoms with E-state index in [0.717, 1.165) is 24.2 Å². The molecule has 2 heteroatoms. The van der Waals surface area contributed by atoms with Crippen LogP contribution in [0.4, 0.5) is 0 Å². The van der Waals surface area contributed by atoms with Gasteiger partial charge in [-0.2, -0.15) is 0 Å². The van der Waals surface area contributed by atoms with Crippen LogP contribution in [-0.4, -0.2) is 4.98 Å². The Hall–Kier alpha value is -1.57. The minimum Gasteiger partial charge on any atom is -0.439 e. The maximum Gasteiger partial charge on any atom is 0.219 e. The number of allylic oxidation sites excluding steroid dienone is 3. The van der Waals surface area contributed by atoms with Gasteiger partial charge in [-0.05, 0) is 37.5 Å². The molecule has 14 heavy (non-hydrogen) atoms. The molecule has 2 nitrogen and oxygen atoms in total. The zero-order valence-electron chi connectivity index (χ0n) is 8.23. The number of aryl methyl sites for hydroxylation is 1. The van der Waals surface area contributed by atoms with Crippen molar-refractivity contribution in [2.75, 3.05) is 0 Å². The third kappa shape index (κ3) is 2.22. The van der Waals surface area contributed by atoms with E-state index in [-0.39, 0.29) is 0 Å². The highest BCUT2D eigenvalue weighted by molar-refractivity contribution is 5.23. The number of hydrogen-bond donors (Lipinski definition) is 0. The van der Waals surface area contributed by atoms with E-state index in [0.29, 0.717) is 5.88 Å². The highest BCUT2D eigenvalue weighted by Crippen LogP contribution is 2.15. The molecule has 72 valence electrons. The number of nitrogens with zero attached hydrogens (tertiary/aromatic N) is 1. The fraction of sp³-hybridized carbons (Fsp3) is 0.250. The lowest BCUT2D eigenvalue weighted by atomic mass is 10.2. The van der Waals surface area contributed by atoms with Gasteiger partial charge in [0.15, 0.2) is 0 Å². The molecule has 0 aliphatic heterocycles. The Morgan fingerprint density at radius 3 is 2.86 bits per heavy atom. The first-order valence-corrected chi connectivity index (χ1v) is 4.82. The van der Waals surface area contributed by atoms with Crippen molar-refractivity contribution in [2.45, 2.75) is 19.8 Å². The summed E-state index contributed by atoms with van der Waals surface area (Å²) in [7, 11) is 0. The van der Waals surface area contributed by atoms with Crippen LogP contribution in [0.25, 0.3) is 0 Å². The first-order valence-electron chi connectivity index (χ1n) is 4.82. The van der Waals surface area contributed by atoms with E-state index in [1.54, 1.807) is 0 Å². The number of rotatable bonds is 2. The summed E-state index contributed by atoms with van der Waals surface area (Å²) in [5.41, 5.74) is 1.14. The molecule has 0 N–H and O–H groups in total. The van der Waals surface area contributed by atoms with E-state index in [9.17, 15) is 0 Å². The highest BCUT2D eigenvalue weighted by atomic mass is 16.5. The van der Waals surface area contributed by atoms with Crippen LogP contribution in [-0.2, 0) is 0 Å². The molecule has 0 fully saturated rings. The Morgan fingerprint density at radius 1 is 1.29 bits per heavy atom. The number of pyridine rings is 1. The second-order valence-corrected chi connectivity index (χ2v) is 3.36. The van der Waals surface area contributed by atoms with Gasteiger partial charge in [0.2, 0.25) is 5.88 Å². The molecular formula is C12H13NO. The largest absolute Gasteiger partial charge is 0.439 e. The average molecular weight is 187 g/mol. The maximum absolute atomic E-state index is 5.57. The van der Waals surface area contributed by atoms with Crippen molar-refractivity contribution in [3.8, 4) is 5.88 Å². The van der Waals surface area contributed by atoms with E-state index in [1.807, 2.05) is 31.3 Å². The smallest absolute Gasteiger partial charge is 0.219 e. The standard InChI is InChI=1S/C12H13NO/c1-10-7-8-12(13-9-10)14-11-5-3-2-4-6-11/h3,5-9H,2,4H2,1H3. The van der Waals surface area contributed by atoms with E-state index in [1.165, 1.54) is 0 Å². The molecule has 0 spiro atoms. The van der Waals surface area contributed by atoms with Crippen molar-refractivity contribution in [2.24, 2.45) is 0 Å². The zero-order chi connectivity index (χ0) is 9.80. The molecule has 0 aromatic carbocycles. The van der Waals surface area contributed by atoms with Crippen LogP contribution in [0.5, 0.6) is 5.88 Å². The molecule has 1 aromatic rings. The van der Waals surface area contributed by atoms with Gasteiger partial charge < -0.3 is 4.74 Å². The second-order valence-electron chi connectivity index (χ2n) is 3.36. The maximum atomic E-state index is 5.57. The third-order valence-electron chi connectivity index (χ3n) is 2.07. The van der Waals surface area contributed by atoms with Crippen molar-refractivity contribution >= 4 is 0 Å². The normalized spacial score (nSPS) is 15.1. The average Bonchev–Trinajstić information content (AvgIpc) is 2.23. The van der Waals surface area contributed by atoms with Gasteiger partial charge in [-0.3, -0.25) is 0 Å². The summed E-state index contributed by atoms with van der Waals surface area (Å²) in [6, 6.07) is 3.88. The van der Waals surface area contributed by atoms with Gasteiger partial charge in [0.1, 0.15) is 5.76 Å². The molecule has 0 amide bonds. The summed E-state index contributed by atoms with van der Waals surface area (Å²) in [6.45, 7) is 2.01. The summed E-state index contributed by atoms with van der Waals surface area (Å²) >= 11 is 0. The molecule has 0 atom stereocenters. The molecule has 2 rings (SSSR count). The van der Waals surface area contributed by atoms with Crippen molar-refractivity contribution in [3.63, 3.8) is 0 Å². The van der Waals surface area contributed by atoms with Crippen molar-refractivity contribution in [3.05, 3.63) is 47.9 Å². The lowest BCUT2D eigenvalue weighted by Gasteiger charge is -2.08. The van der Waals surface area contributed by atoms with E-state index < -0.39 is 0 Å². The predicted octanol–water partition coefficient (Wildman–Crippen LogP) is 3.00. The molecule has 0 saturated carbocycles. The van der Waals surface area contributed by atoms with Gasteiger partial charge in [-0.25, -0.2) is 4.98 Å². The number of ether oxygens (including phenoxy) is 1. The summed E-state index contributed by atoms with van der Waals surface area (Å²) < 4.78 is 5.57. The number of aromatic nitrogens is 1. The Bertz CT molecular complexity index is 362. The van der Waals surface area contributed by atoms with Crippen molar-refractivity contribution < 1.29 is 4.74 Å². The van der Waals surface area contributed by atoms with Gasteiger partial charge in [0, 0.05) is 12.3 Å². The van der Waals surface area contributed by atoms with E-state index >= 15 is 0 Å². The summed E-state index contributed by atoms with van der Waals surface area (Å²) in [5, 5.41) is 0. The monoisotopic (exact) mass is 187 g/mol. The summed E-state index contributed by atoms with van der Waals surface area (Å²) in [4.78, 5) is 4.18. The van der Waals surface area contributed by atoms with Crippen LogP contribution in [0.15, 0.2) is 42.3 Å². The first kappa shape index (κ1) is 9.00. The summed E-state index contributed by atoms with van der Waals surface area (Å²) in [5.74, 6) is 1.56. The summed E-state index contributed by atoms with van der Waals surface area (Å²) in [6.07, 6.45) is 10.2. The van der Waals surface area contributed by atoms with Crippen LogP contribution in [0.2, 0.25) is 0 Å². The second kappa shape index (κ2) is 4.09. The molecule has 0 bridgehead atoms. The Kier molecular flexibility index (Phi) is 2.63. The topological polar surface area (TPSA) is 22.1 Å². The van der Waals surface area contributed by atoms with Gasteiger partial charge in [0.05, 0.1) is 0 Å². The van der Waals surface area contributed by atoms with Gasteiger partial charge >= 0.3 is 0 Å². The van der Waals surface area contributed by atoms with Gasteiger partial charge in [0.25, 0.3) is 0 Å². The van der Waals surface area contributed by atoms with Crippen LogP contribution in [0.3, 0.4) is 0 Å². The van der Waals surface area contributed by atoms with E-state index in [4.69, 9.17) is 4.74 Å². The predicted molar refractivity (Wildman–Crippen MR) is 56.1 cm³/mol. The van der Waals surface area contributed by atoms with Crippen molar-refractivity contribution in [1.29, 1.82) is 0 Å². The molecule has 0 radical (unpaired) electrons. The zero-order valence-corrected chi connectivity index (χ0v) is 8.23. The third-order valence-corrected chi connectivity index (χ3v) is 2.07. The fourth-order valence-corrected chi connectivity index (χ4v) is 1.30. The minimum absolute atomic E-state index is 0.661. The molecule has 0 saturated heterocycles. The van der Waals surface area contributed by atoms with Crippen LogP contribution in [0, 0.1) is 6.92 Å². The number of hydrogen-bond acceptors (Lipinski definition) is 2.